The van der Waals surface area contributed by atoms with E-state index in [2.05, 4.69) is 25.7 Å². The van der Waals surface area contributed by atoms with Crippen LogP contribution in [0.1, 0.15) is 61.4 Å². The van der Waals surface area contributed by atoms with Crippen LogP contribution in [0.2, 0.25) is 0 Å². The minimum Gasteiger partial charge on any atom is -0.497 e. The molecule has 6 nitrogen and oxygen atoms in total. The number of aryl methyl sites for hydroxylation is 1. The minimum atomic E-state index is 0.185. The fraction of sp³-hybridized carbons (Fsp3) is 0.536. The number of carbonyl (C=O) groups excluding carboxylic acids is 1. The van der Waals surface area contributed by atoms with E-state index in [9.17, 15) is 4.79 Å². The molecule has 1 amide bonds. The van der Waals surface area contributed by atoms with Crippen LogP contribution in [0.15, 0.2) is 24.3 Å². The van der Waals surface area contributed by atoms with Crippen LogP contribution in [0.25, 0.3) is 10.2 Å². The summed E-state index contributed by atoms with van der Waals surface area (Å²) in [6.45, 7) is 9.84. The highest BCUT2D eigenvalue weighted by atomic mass is 32.1. The average Bonchev–Trinajstić information content (AvgIpc) is 3.25. The van der Waals surface area contributed by atoms with Crippen LogP contribution in [0.5, 0.6) is 5.75 Å². The number of fused-ring (bicyclic) bond motifs is 3. The summed E-state index contributed by atoms with van der Waals surface area (Å²) in [6, 6.07) is 7.78. The normalized spacial score (nSPS) is 19.0. The van der Waals surface area contributed by atoms with Crippen molar-refractivity contribution in [3.8, 4) is 5.75 Å². The van der Waals surface area contributed by atoms with Crippen molar-refractivity contribution in [3.05, 3.63) is 46.1 Å². The van der Waals surface area contributed by atoms with E-state index in [1.807, 2.05) is 40.5 Å². The maximum Gasteiger partial charge on any atom is 0.227 e. The number of rotatable bonds is 6. The maximum atomic E-state index is 13.0. The molecule has 0 bridgehead atoms. The standard InChI is InChI=1S/C28H36N4O2S/c1-5-19(3)26-29-27(25-22-11-6-18(2)16-23(22)35-28(25)30-26)32-14-12-31(13-15-32)24(33)17-20-7-9-21(34-4)10-8-20/h7-10,18-19H,5-6,11-17H2,1-4H3/t18-,19+/m1/s1. The summed E-state index contributed by atoms with van der Waals surface area (Å²) in [5, 5.41) is 1.28. The Bertz CT molecular complexity index is 1200. The molecule has 1 aromatic carbocycles. The zero-order valence-electron chi connectivity index (χ0n) is 21.3. The summed E-state index contributed by atoms with van der Waals surface area (Å²) in [7, 11) is 1.66. The molecule has 35 heavy (non-hydrogen) atoms. The van der Waals surface area contributed by atoms with Gasteiger partial charge in [0.15, 0.2) is 0 Å². The number of nitrogens with zero attached hydrogens (tertiary/aromatic N) is 4. The van der Waals surface area contributed by atoms with Crippen molar-refractivity contribution in [2.45, 2.75) is 58.8 Å². The van der Waals surface area contributed by atoms with E-state index in [-0.39, 0.29) is 5.91 Å². The van der Waals surface area contributed by atoms with E-state index in [0.717, 1.165) is 79.1 Å². The molecule has 0 unspecified atom stereocenters. The van der Waals surface area contributed by atoms with Crippen molar-refractivity contribution in [2.24, 2.45) is 5.92 Å². The zero-order chi connectivity index (χ0) is 24.5. The van der Waals surface area contributed by atoms with Gasteiger partial charge >= 0.3 is 0 Å². The van der Waals surface area contributed by atoms with E-state index in [1.165, 1.54) is 22.2 Å². The summed E-state index contributed by atoms with van der Waals surface area (Å²) >= 11 is 1.88. The number of thiophene rings is 1. The van der Waals surface area contributed by atoms with Gasteiger partial charge in [0, 0.05) is 37.0 Å². The third-order valence-corrected chi connectivity index (χ3v) is 8.80. The largest absolute Gasteiger partial charge is 0.497 e. The predicted octanol–water partition coefficient (Wildman–Crippen LogP) is 5.23. The van der Waals surface area contributed by atoms with Gasteiger partial charge in [0.05, 0.1) is 18.9 Å². The fourth-order valence-electron chi connectivity index (χ4n) is 5.17. The lowest BCUT2D eigenvalue weighted by molar-refractivity contribution is -0.130. The Hall–Kier alpha value is -2.67. The van der Waals surface area contributed by atoms with Crippen molar-refractivity contribution < 1.29 is 9.53 Å². The van der Waals surface area contributed by atoms with Crippen molar-refractivity contribution in [1.82, 2.24) is 14.9 Å². The summed E-state index contributed by atoms with van der Waals surface area (Å²) < 4.78 is 5.23. The van der Waals surface area contributed by atoms with Crippen LogP contribution in [0.3, 0.4) is 0 Å². The molecule has 0 radical (unpaired) electrons. The van der Waals surface area contributed by atoms with Crippen LogP contribution < -0.4 is 9.64 Å². The van der Waals surface area contributed by atoms with E-state index in [4.69, 9.17) is 14.7 Å². The molecule has 1 fully saturated rings. The zero-order valence-corrected chi connectivity index (χ0v) is 22.2. The van der Waals surface area contributed by atoms with Crippen LogP contribution in [-0.2, 0) is 24.1 Å². The maximum absolute atomic E-state index is 13.0. The SMILES string of the molecule is CC[C@H](C)c1nc(N2CCN(C(=O)Cc3ccc(OC)cc3)CC2)c2c3c(sc2n1)C[C@H](C)CC3. The van der Waals surface area contributed by atoms with Crippen molar-refractivity contribution >= 4 is 33.3 Å². The Labute approximate surface area is 212 Å². The molecule has 1 saturated heterocycles. The van der Waals surface area contributed by atoms with E-state index < -0.39 is 0 Å². The molecule has 3 heterocycles. The van der Waals surface area contributed by atoms with Crippen molar-refractivity contribution in [3.63, 3.8) is 0 Å². The van der Waals surface area contributed by atoms with Gasteiger partial charge in [-0.15, -0.1) is 11.3 Å². The average molecular weight is 493 g/mol. The minimum absolute atomic E-state index is 0.185. The lowest BCUT2D eigenvalue weighted by atomic mass is 9.89. The van der Waals surface area contributed by atoms with Gasteiger partial charge in [-0.3, -0.25) is 4.79 Å². The molecule has 0 N–H and O–H groups in total. The second-order valence-electron chi connectivity index (χ2n) is 10.1. The molecule has 3 aromatic rings. The molecule has 7 heteroatoms. The van der Waals surface area contributed by atoms with Gasteiger partial charge in [-0.05, 0) is 54.9 Å². The lowest BCUT2D eigenvalue weighted by Crippen LogP contribution is -2.49. The third-order valence-electron chi connectivity index (χ3n) is 7.65. The molecule has 0 spiro atoms. The Morgan fingerprint density at radius 1 is 1.17 bits per heavy atom. The number of methoxy groups -OCH3 is 1. The number of ether oxygens (including phenoxy) is 1. The van der Waals surface area contributed by atoms with E-state index in [0.29, 0.717) is 12.3 Å². The van der Waals surface area contributed by atoms with Crippen LogP contribution in [0.4, 0.5) is 5.82 Å². The molecule has 0 saturated carbocycles. The molecule has 1 aliphatic heterocycles. The van der Waals surface area contributed by atoms with Gasteiger partial charge in [0.2, 0.25) is 5.91 Å². The van der Waals surface area contributed by atoms with Gasteiger partial charge < -0.3 is 14.5 Å². The number of anilines is 1. The summed E-state index contributed by atoms with van der Waals surface area (Å²) in [4.78, 5) is 30.2. The molecule has 5 rings (SSSR count). The van der Waals surface area contributed by atoms with E-state index >= 15 is 0 Å². The Kier molecular flexibility index (Phi) is 6.96. The Morgan fingerprint density at radius 3 is 2.60 bits per heavy atom. The first kappa shape index (κ1) is 24.0. The predicted molar refractivity (Wildman–Crippen MR) is 143 cm³/mol. The lowest BCUT2D eigenvalue weighted by Gasteiger charge is -2.36. The topological polar surface area (TPSA) is 58.6 Å². The first-order valence-electron chi connectivity index (χ1n) is 12.9. The van der Waals surface area contributed by atoms with Gasteiger partial charge in [-0.25, -0.2) is 9.97 Å². The number of aromatic nitrogens is 2. The highest BCUT2D eigenvalue weighted by molar-refractivity contribution is 7.19. The van der Waals surface area contributed by atoms with E-state index in [1.54, 1.807) is 7.11 Å². The monoisotopic (exact) mass is 492 g/mol. The second-order valence-corrected chi connectivity index (χ2v) is 11.2. The number of piperazine rings is 1. The molecule has 1 aliphatic carbocycles. The molecule has 2 aliphatic rings. The third kappa shape index (κ3) is 4.88. The number of hydrogen-bond donors (Lipinski definition) is 0. The molecule has 2 aromatic heterocycles. The fourth-order valence-corrected chi connectivity index (χ4v) is 6.55. The summed E-state index contributed by atoms with van der Waals surface area (Å²) in [6.07, 6.45) is 4.97. The number of hydrogen-bond acceptors (Lipinski definition) is 6. The number of amides is 1. The van der Waals surface area contributed by atoms with Crippen LogP contribution in [0, 0.1) is 5.92 Å². The van der Waals surface area contributed by atoms with Gasteiger partial charge in [-0.1, -0.05) is 32.9 Å². The van der Waals surface area contributed by atoms with Gasteiger partial charge in [0.1, 0.15) is 22.2 Å². The highest BCUT2D eigenvalue weighted by Crippen LogP contribution is 2.42. The molecule has 186 valence electrons. The molecule has 2 atom stereocenters. The van der Waals surface area contributed by atoms with Gasteiger partial charge in [0.25, 0.3) is 0 Å². The van der Waals surface area contributed by atoms with Crippen LogP contribution >= 0.6 is 11.3 Å². The molecular weight excluding hydrogens is 456 g/mol. The smallest absolute Gasteiger partial charge is 0.227 e. The summed E-state index contributed by atoms with van der Waals surface area (Å²) in [5.74, 6) is 4.13. The first-order chi connectivity index (χ1) is 17.0. The van der Waals surface area contributed by atoms with Crippen LogP contribution in [-0.4, -0.2) is 54.1 Å². The molecular formula is C28H36N4O2S. The quantitative estimate of drug-likeness (QED) is 0.472. The first-order valence-corrected chi connectivity index (χ1v) is 13.8. The number of benzene rings is 1. The van der Waals surface area contributed by atoms with Crippen molar-refractivity contribution in [2.75, 3.05) is 38.2 Å². The Balaban J connectivity index is 1.36. The van der Waals surface area contributed by atoms with Gasteiger partial charge in [-0.2, -0.15) is 0 Å². The highest BCUT2D eigenvalue weighted by Gasteiger charge is 2.29. The Morgan fingerprint density at radius 2 is 1.91 bits per heavy atom. The second kappa shape index (κ2) is 10.1. The number of carbonyl (C=O) groups is 1. The summed E-state index contributed by atoms with van der Waals surface area (Å²) in [5.41, 5.74) is 2.50. The van der Waals surface area contributed by atoms with Crippen molar-refractivity contribution in [1.29, 1.82) is 0 Å².